The van der Waals surface area contributed by atoms with Crippen LogP contribution in [0.3, 0.4) is 0 Å². The number of rotatable bonds is 7. The Labute approximate surface area is 166 Å². The Balaban J connectivity index is 1.62. The lowest BCUT2D eigenvalue weighted by atomic mass is 10.1. The summed E-state index contributed by atoms with van der Waals surface area (Å²) < 4.78 is 20.5. The summed E-state index contributed by atoms with van der Waals surface area (Å²) in [6.45, 7) is 0. The van der Waals surface area contributed by atoms with E-state index >= 15 is 0 Å². The van der Waals surface area contributed by atoms with Crippen LogP contribution in [0.2, 0.25) is 0 Å². The number of benzene rings is 2. The summed E-state index contributed by atoms with van der Waals surface area (Å²) in [6.07, 6.45) is 5.57. The van der Waals surface area contributed by atoms with Crippen LogP contribution in [-0.4, -0.2) is 28.6 Å². The molecule has 0 unspecified atom stereocenters. The highest BCUT2D eigenvalue weighted by Crippen LogP contribution is 2.36. The van der Waals surface area contributed by atoms with Crippen LogP contribution in [0.4, 0.5) is 4.39 Å². The van der Waals surface area contributed by atoms with Crippen LogP contribution in [0.15, 0.2) is 66.1 Å². The minimum absolute atomic E-state index is 0.0802. The number of carbonyl (C=O) groups excluding carboxylic acids is 1. The molecule has 1 aliphatic rings. The molecule has 0 saturated heterocycles. The molecule has 1 aliphatic carbocycles. The second kappa shape index (κ2) is 8.06. The number of imidazole rings is 1. The second-order valence-corrected chi connectivity index (χ2v) is 7.68. The molecule has 1 atom stereocenters. The van der Waals surface area contributed by atoms with Crippen molar-refractivity contribution in [1.29, 1.82) is 0 Å². The van der Waals surface area contributed by atoms with Crippen molar-refractivity contribution in [2.45, 2.75) is 29.3 Å². The van der Waals surface area contributed by atoms with E-state index in [0.29, 0.717) is 5.16 Å². The van der Waals surface area contributed by atoms with Gasteiger partial charge in [0.2, 0.25) is 5.91 Å². The molecule has 1 N–H and O–H groups in total. The van der Waals surface area contributed by atoms with Crippen LogP contribution in [0.25, 0.3) is 5.69 Å². The van der Waals surface area contributed by atoms with Gasteiger partial charge in [-0.2, -0.15) is 0 Å². The lowest BCUT2D eigenvalue weighted by Gasteiger charge is -2.17. The van der Waals surface area contributed by atoms with E-state index in [1.807, 2.05) is 35.0 Å². The number of hydrogen-bond acceptors (Lipinski definition) is 4. The van der Waals surface area contributed by atoms with Gasteiger partial charge in [0.1, 0.15) is 16.8 Å². The van der Waals surface area contributed by atoms with Crippen LogP contribution >= 0.6 is 11.8 Å². The number of carbonyl (C=O) groups is 1. The summed E-state index contributed by atoms with van der Waals surface area (Å²) in [6, 6.07) is 13.9. The molecule has 28 heavy (non-hydrogen) atoms. The maximum Gasteiger partial charge on any atom is 0.238 e. The van der Waals surface area contributed by atoms with Crippen LogP contribution in [-0.2, 0) is 4.79 Å². The first-order valence-electron chi connectivity index (χ1n) is 9.04. The third kappa shape index (κ3) is 4.20. The maximum absolute atomic E-state index is 13.4. The molecule has 1 saturated carbocycles. The Kier molecular flexibility index (Phi) is 5.34. The Morgan fingerprint density at radius 3 is 2.57 bits per heavy atom. The molecular formula is C21H20FN3O2S. The topological polar surface area (TPSA) is 56.2 Å². The van der Waals surface area contributed by atoms with Gasteiger partial charge in [0.05, 0.1) is 7.11 Å². The minimum Gasteiger partial charge on any atom is -0.497 e. The van der Waals surface area contributed by atoms with Crippen molar-refractivity contribution in [1.82, 2.24) is 14.9 Å². The van der Waals surface area contributed by atoms with Gasteiger partial charge >= 0.3 is 0 Å². The summed E-state index contributed by atoms with van der Waals surface area (Å²) >= 11 is 1.35. The monoisotopic (exact) mass is 397 g/mol. The number of nitrogens with one attached hydrogen (secondary N) is 1. The van der Waals surface area contributed by atoms with Gasteiger partial charge in [0.15, 0.2) is 5.16 Å². The minimum atomic E-state index is -0.513. The predicted molar refractivity (Wildman–Crippen MR) is 106 cm³/mol. The van der Waals surface area contributed by atoms with Crippen LogP contribution in [0.5, 0.6) is 5.75 Å². The molecule has 0 radical (unpaired) electrons. The van der Waals surface area contributed by atoms with E-state index in [1.54, 1.807) is 25.4 Å². The van der Waals surface area contributed by atoms with Gasteiger partial charge in [-0.25, -0.2) is 9.37 Å². The van der Waals surface area contributed by atoms with Crippen molar-refractivity contribution >= 4 is 17.7 Å². The highest BCUT2D eigenvalue weighted by atomic mass is 32.2. The lowest BCUT2D eigenvalue weighted by Crippen LogP contribution is -2.30. The van der Waals surface area contributed by atoms with Crippen LogP contribution < -0.4 is 10.1 Å². The van der Waals surface area contributed by atoms with Crippen molar-refractivity contribution in [3.63, 3.8) is 0 Å². The van der Waals surface area contributed by atoms with Crippen molar-refractivity contribution in [2.75, 3.05) is 7.11 Å². The zero-order chi connectivity index (χ0) is 19.5. The average molecular weight is 397 g/mol. The fourth-order valence-corrected chi connectivity index (χ4v) is 3.92. The fourth-order valence-electron chi connectivity index (χ4n) is 2.84. The van der Waals surface area contributed by atoms with Crippen molar-refractivity contribution in [2.24, 2.45) is 0 Å². The average Bonchev–Trinajstić information content (AvgIpc) is 3.41. The number of amides is 1. The first kappa shape index (κ1) is 18.6. The predicted octanol–water partition coefficient (Wildman–Crippen LogP) is 4.13. The quantitative estimate of drug-likeness (QED) is 0.609. The molecule has 1 heterocycles. The molecule has 5 nitrogen and oxygen atoms in total. The summed E-state index contributed by atoms with van der Waals surface area (Å²) in [4.78, 5) is 17.3. The first-order valence-corrected chi connectivity index (χ1v) is 9.92. The van der Waals surface area contributed by atoms with E-state index in [-0.39, 0.29) is 17.8 Å². The van der Waals surface area contributed by atoms with Gasteiger partial charge in [-0.3, -0.25) is 9.36 Å². The SMILES string of the molecule is COc1ccc(-n2ccnc2S[C@@H](C(=O)NC2CC2)c2ccc(F)cc2)cc1. The molecule has 0 aliphatic heterocycles. The van der Waals surface area contributed by atoms with Gasteiger partial charge in [-0.1, -0.05) is 23.9 Å². The molecule has 7 heteroatoms. The Bertz CT molecular complexity index is 953. The van der Waals surface area contributed by atoms with Gasteiger partial charge in [0, 0.05) is 24.1 Å². The third-order valence-electron chi connectivity index (χ3n) is 4.52. The standard InChI is InChI=1S/C21H20FN3O2S/c1-27-18-10-8-17(9-11-18)25-13-12-23-21(25)28-19(20(26)24-16-6-7-16)14-2-4-15(22)5-3-14/h2-5,8-13,16,19H,6-7H2,1H3,(H,24,26)/t19-/m1/s1. The van der Waals surface area contributed by atoms with Crippen LogP contribution in [0, 0.1) is 5.82 Å². The molecule has 3 aromatic rings. The Morgan fingerprint density at radius 1 is 1.21 bits per heavy atom. The number of methoxy groups -OCH3 is 1. The molecule has 144 valence electrons. The number of nitrogens with zero attached hydrogens (tertiary/aromatic N) is 2. The molecule has 2 aromatic carbocycles. The normalized spacial score (nSPS) is 14.5. The highest BCUT2D eigenvalue weighted by molar-refractivity contribution is 8.00. The number of hydrogen-bond donors (Lipinski definition) is 1. The van der Waals surface area contributed by atoms with Crippen molar-refractivity contribution in [3.05, 3.63) is 72.3 Å². The molecular weight excluding hydrogens is 377 g/mol. The summed E-state index contributed by atoms with van der Waals surface area (Å²) in [7, 11) is 1.62. The van der Waals surface area contributed by atoms with E-state index in [1.165, 1.54) is 23.9 Å². The molecule has 1 fully saturated rings. The number of halogens is 1. The van der Waals surface area contributed by atoms with E-state index in [4.69, 9.17) is 4.74 Å². The number of aromatic nitrogens is 2. The molecule has 0 bridgehead atoms. The maximum atomic E-state index is 13.4. The van der Waals surface area contributed by atoms with Gasteiger partial charge in [-0.05, 0) is 54.8 Å². The van der Waals surface area contributed by atoms with E-state index in [9.17, 15) is 9.18 Å². The number of ether oxygens (including phenoxy) is 1. The van der Waals surface area contributed by atoms with Crippen molar-refractivity contribution in [3.8, 4) is 11.4 Å². The van der Waals surface area contributed by atoms with Crippen molar-refractivity contribution < 1.29 is 13.9 Å². The molecule has 1 amide bonds. The number of thioether (sulfide) groups is 1. The summed E-state index contributed by atoms with van der Waals surface area (Å²) in [5.74, 6) is 0.365. The summed E-state index contributed by atoms with van der Waals surface area (Å²) in [5.41, 5.74) is 1.66. The third-order valence-corrected chi connectivity index (χ3v) is 5.75. The smallest absolute Gasteiger partial charge is 0.238 e. The van der Waals surface area contributed by atoms with E-state index in [0.717, 1.165) is 29.8 Å². The zero-order valence-electron chi connectivity index (χ0n) is 15.3. The zero-order valence-corrected chi connectivity index (χ0v) is 16.2. The molecule has 0 spiro atoms. The highest BCUT2D eigenvalue weighted by Gasteiger charge is 2.30. The summed E-state index contributed by atoms with van der Waals surface area (Å²) in [5, 5.41) is 3.22. The van der Waals surface area contributed by atoms with Gasteiger partial charge < -0.3 is 10.1 Å². The Hall–Kier alpha value is -2.80. The lowest BCUT2D eigenvalue weighted by molar-refractivity contribution is -0.120. The van der Waals surface area contributed by atoms with Crippen LogP contribution in [0.1, 0.15) is 23.7 Å². The molecule has 4 rings (SSSR count). The van der Waals surface area contributed by atoms with Gasteiger partial charge in [-0.15, -0.1) is 0 Å². The van der Waals surface area contributed by atoms with E-state index < -0.39 is 5.25 Å². The van der Waals surface area contributed by atoms with E-state index in [2.05, 4.69) is 10.3 Å². The van der Waals surface area contributed by atoms with Gasteiger partial charge in [0.25, 0.3) is 0 Å². The second-order valence-electron chi connectivity index (χ2n) is 6.61. The largest absolute Gasteiger partial charge is 0.497 e. The first-order chi connectivity index (χ1) is 13.6. The Morgan fingerprint density at radius 2 is 1.93 bits per heavy atom. The molecule has 1 aromatic heterocycles. The fraction of sp³-hybridized carbons (Fsp3) is 0.238.